The van der Waals surface area contributed by atoms with Crippen molar-refractivity contribution in [2.24, 2.45) is 17.8 Å². The first-order valence-electron chi connectivity index (χ1n) is 15.6. The number of fused-ring (bicyclic) bond motifs is 2. The van der Waals surface area contributed by atoms with Crippen molar-refractivity contribution in [2.45, 2.75) is 83.1 Å². The summed E-state index contributed by atoms with van der Waals surface area (Å²) in [6.45, 7) is 7.73. The number of halogens is 1. The van der Waals surface area contributed by atoms with Crippen LogP contribution < -0.4 is 16.0 Å². The number of aromatic amines is 1. The lowest BCUT2D eigenvalue weighted by molar-refractivity contribution is -0.310. The van der Waals surface area contributed by atoms with Crippen molar-refractivity contribution in [1.29, 1.82) is 0 Å². The van der Waals surface area contributed by atoms with E-state index >= 15 is 0 Å². The number of rotatable bonds is 12. The number of benzene rings is 1. The van der Waals surface area contributed by atoms with E-state index in [1.165, 1.54) is 5.56 Å². The highest BCUT2D eigenvalue weighted by Crippen LogP contribution is 2.43. The number of likely N-dealkylation sites (N-methyl/N-ethyl adjacent to an activating group) is 1. The van der Waals surface area contributed by atoms with Crippen LogP contribution in [0.5, 0.6) is 0 Å². The van der Waals surface area contributed by atoms with Crippen LogP contribution in [0, 0.1) is 17.8 Å². The number of carboxylic acid groups (broad SMARTS) is 2. The molecular weight excluding hydrogens is 646 g/mol. The minimum absolute atomic E-state index is 0.0291. The van der Waals surface area contributed by atoms with Gasteiger partial charge >= 0.3 is 11.9 Å². The molecule has 0 bridgehead atoms. The Hall–Kier alpha value is -2.81. The van der Waals surface area contributed by atoms with Crippen molar-refractivity contribution in [3.05, 3.63) is 40.0 Å². The summed E-state index contributed by atoms with van der Waals surface area (Å²) >= 11 is 3.66. The predicted octanol–water partition coefficient (Wildman–Crippen LogP) is 2.86. The van der Waals surface area contributed by atoms with Gasteiger partial charge in [-0.05, 0) is 83.9 Å². The third kappa shape index (κ3) is 6.30. The smallest absolute Gasteiger partial charge is 0.357 e. The first-order chi connectivity index (χ1) is 21.2. The number of aliphatic carboxylic acids is 2. The molecule has 1 aliphatic carbocycles. The number of H-pyrrole nitrogens is 1. The molecule has 1 saturated heterocycles. The number of hydrogen-bond donors (Lipinski definition) is 7. The van der Waals surface area contributed by atoms with Gasteiger partial charge in [0.2, 0.25) is 17.5 Å². The Morgan fingerprint density at radius 2 is 1.93 bits per heavy atom. The molecule has 3 heterocycles. The Kier molecular flexibility index (Phi) is 9.52. The molecule has 6 atom stereocenters. The van der Waals surface area contributed by atoms with E-state index in [4.69, 9.17) is 4.74 Å². The molecule has 13 heteroatoms. The average Bonchev–Trinajstić information content (AvgIpc) is 3.62. The normalized spacial score (nSPS) is 25.0. The molecule has 3 aliphatic rings. The number of aliphatic hydroxyl groups is 1. The zero-order valence-corrected chi connectivity index (χ0v) is 27.9. The molecule has 1 fully saturated rings. The molecule has 5 rings (SSSR count). The summed E-state index contributed by atoms with van der Waals surface area (Å²) in [5, 5.41) is 42.2. The molecule has 0 spiro atoms. The highest BCUT2D eigenvalue weighted by Gasteiger charge is 2.55. The van der Waals surface area contributed by atoms with Gasteiger partial charge in [0.15, 0.2) is 0 Å². The zero-order chi connectivity index (χ0) is 32.8. The van der Waals surface area contributed by atoms with Crippen molar-refractivity contribution in [3.63, 3.8) is 0 Å². The van der Waals surface area contributed by atoms with E-state index in [0.717, 1.165) is 33.1 Å². The van der Waals surface area contributed by atoms with Crippen molar-refractivity contribution in [1.82, 2.24) is 25.8 Å². The molecule has 1 aromatic heterocycles. The zero-order valence-electron chi connectivity index (χ0n) is 26.3. The van der Waals surface area contributed by atoms with Crippen LogP contribution in [-0.2, 0) is 25.5 Å². The van der Waals surface area contributed by atoms with Gasteiger partial charge in [0, 0.05) is 29.4 Å². The molecule has 0 unspecified atom stereocenters. The van der Waals surface area contributed by atoms with Crippen LogP contribution in [0.4, 0.5) is 0 Å². The fraction of sp³-hybridized carbons (Fsp3) is 0.594. The molecule has 246 valence electrons. The minimum Gasteiger partial charge on any atom is -0.480 e. The lowest BCUT2D eigenvalue weighted by Gasteiger charge is -2.45. The molecule has 0 radical (unpaired) electrons. The summed E-state index contributed by atoms with van der Waals surface area (Å²) in [6.07, 6.45) is 3.90. The third-order valence-electron chi connectivity index (χ3n) is 9.35. The predicted molar refractivity (Wildman–Crippen MR) is 172 cm³/mol. The summed E-state index contributed by atoms with van der Waals surface area (Å²) in [5.74, 6) is -7.32. The molecular formula is C32H44BrN5O7. The van der Waals surface area contributed by atoms with Gasteiger partial charge in [0.25, 0.3) is 0 Å². The third-order valence-corrected chi connectivity index (χ3v) is 10.0. The Labute approximate surface area is 271 Å². The first-order valence-corrected chi connectivity index (χ1v) is 16.4. The number of nitrogens with one attached hydrogen (secondary N) is 4. The quantitative estimate of drug-likeness (QED) is 0.164. The molecule has 1 amide bonds. The van der Waals surface area contributed by atoms with Crippen molar-refractivity contribution in [2.75, 3.05) is 20.1 Å². The van der Waals surface area contributed by atoms with Gasteiger partial charge in [-0.2, -0.15) is 0 Å². The van der Waals surface area contributed by atoms with Crippen molar-refractivity contribution >= 4 is 50.3 Å². The number of hydrogen-bond acceptors (Lipinski definition) is 8. The minimum atomic E-state index is -2.42. The van der Waals surface area contributed by atoms with E-state index in [9.17, 15) is 29.7 Å². The monoisotopic (exact) mass is 689 g/mol. The highest BCUT2D eigenvalue weighted by molar-refractivity contribution is 9.10. The summed E-state index contributed by atoms with van der Waals surface area (Å²) in [6, 6.07) is 3.99. The van der Waals surface area contributed by atoms with Gasteiger partial charge in [-0.25, -0.2) is 4.79 Å². The van der Waals surface area contributed by atoms with Crippen molar-refractivity contribution < 1.29 is 34.4 Å². The maximum Gasteiger partial charge on any atom is 0.357 e. The Morgan fingerprint density at radius 1 is 1.20 bits per heavy atom. The van der Waals surface area contributed by atoms with Crippen molar-refractivity contribution in [3.8, 4) is 0 Å². The Morgan fingerprint density at radius 3 is 2.53 bits per heavy atom. The fourth-order valence-corrected chi connectivity index (χ4v) is 7.55. The van der Waals surface area contributed by atoms with Gasteiger partial charge in [-0.15, -0.1) is 0 Å². The lowest BCUT2D eigenvalue weighted by atomic mass is 9.79. The van der Waals surface area contributed by atoms with Crippen LogP contribution in [0.3, 0.4) is 0 Å². The summed E-state index contributed by atoms with van der Waals surface area (Å²) < 4.78 is 7.07. The van der Waals surface area contributed by atoms with Crippen LogP contribution in [0.15, 0.2) is 28.9 Å². The molecule has 7 N–H and O–H groups in total. The highest BCUT2D eigenvalue weighted by atomic mass is 79.9. The lowest BCUT2D eigenvalue weighted by Crippen LogP contribution is -2.72. The van der Waals surface area contributed by atoms with Crippen LogP contribution in [0.25, 0.3) is 16.5 Å². The summed E-state index contributed by atoms with van der Waals surface area (Å²) in [4.78, 5) is 44.8. The molecule has 2 aromatic rings. The van der Waals surface area contributed by atoms with Crippen LogP contribution in [0.2, 0.25) is 0 Å². The van der Waals surface area contributed by atoms with E-state index < -0.39 is 53.4 Å². The summed E-state index contributed by atoms with van der Waals surface area (Å²) in [7, 11) is 1.95. The standard InChI is InChI=1S/C32H44BrN5O7/c1-16(2)12-23(29(40)41)36-32(44,25-10-7-11-34-25)45-31(17(3)4,30(42)43)37-28(39)18-13-20-19-8-6-9-22-26(19)21(27(33)35-22)14-24(20)38(5)15-18/h6,8-9,13,16-18,23-25,34-36,44H,7,10-12,14-15H2,1-5H3,(H,37,39)(H,40,41)(H,42,43)/t18-,23+,24-,25+,31-,32+/m1/s1. The van der Waals surface area contributed by atoms with Crippen LogP contribution in [0.1, 0.15) is 58.1 Å². The van der Waals surface area contributed by atoms with E-state index in [0.29, 0.717) is 25.9 Å². The van der Waals surface area contributed by atoms with Gasteiger partial charge in [-0.3, -0.25) is 24.5 Å². The number of ether oxygens (including phenoxy) is 1. The number of aromatic nitrogens is 1. The van der Waals surface area contributed by atoms with Gasteiger partial charge in [0.1, 0.15) is 6.04 Å². The number of amides is 1. The van der Waals surface area contributed by atoms with E-state index in [2.05, 4.69) is 41.8 Å². The molecule has 45 heavy (non-hydrogen) atoms. The molecule has 2 aliphatic heterocycles. The van der Waals surface area contributed by atoms with Gasteiger partial charge in [-0.1, -0.05) is 45.9 Å². The number of carbonyl (C=O) groups is 3. The van der Waals surface area contributed by atoms with E-state index in [1.54, 1.807) is 13.8 Å². The molecule has 1 aromatic carbocycles. The summed E-state index contributed by atoms with van der Waals surface area (Å²) in [5.41, 5.74) is 1.80. The first kappa shape index (κ1) is 33.6. The maximum atomic E-state index is 14.1. The maximum absolute atomic E-state index is 14.1. The second-order valence-electron chi connectivity index (χ2n) is 13.3. The SMILES string of the molecule is CC(C)C[C@H](N[C@@](O)(O[C@@](NC(=O)[C@@H]1C=C2c3cccc4[nH]c(Br)c(c34)C[C@H]2N(C)C1)(C(=O)O)C(C)C)[C@@H]1CCCN1)C(=O)O. The number of carboxylic acids is 2. The Balaban J connectivity index is 1.49. The number of carbonyl (C=O) groups excluding carboxylic acids is 1. The number of nitrogens with zero attached hydrogens (tertiary/aromatic N) is 1. The molecule has 12 nitrogen and oxygen atoms in total. The topological polar surface area (TPSA) is 176 Å². The van der Waals surface area contributed by atoms with E-state index in [-0.39, 0.29) is 18.4 Å². The average molecular weight is 691 g/mol. The molecule has 0 saturated carbocycles. The second kappa shape index (κ2) is 12.8. The second-order valence-corrected chi connectivity index (χ2v) is 14.1. The van der Waals surface area contributed by atoms with Crippen LogP contribution >= 0.6 is 15.9 Å². The van der Waals surface area contributed by atoms with Gasteiger partial charge < -0.3 is 30.9 Å². The van der Waals surface area contributed by atoms with E-state index in [1.807, 2.05) is 45.2 Å². The largest absolute Gasteiger partial charge is 0.480 e. The fourth-order valence-electron chi connectivity index (χ4n) is 6.97. The van der Waals surface area contributed by atoms with Crippen LogP contribution in [-0.4, -0.2) is 92.9 Å². The van der Waals surface area contributed by atoms with Gasteiger partial charge in [0.05, 0.1) is 16.6 Å². The Bertz CT molecular complexity index is 1500.